The van der Waals surface area contributed by atoms with E-state index in [0.717, 1.165) is 5.56 Å². The minimum absolute atomic E-state index is 0.358. The van der Waals surface area contributed by atoms with Crippen molar-refractivity contribution in [2.75, 3.05) is 0 Å². The topological polar surface area (TPSA) is 26.3 Å². The number of ether oxygens (including phenoxy) is 1. The Balaban J connectivity index is 2.84. The minimum atomic E-state index is -0.432. The molecule has 0 aliphatic heterocycles. The first-order valence-electron chi connectivity index (χ1n) is 4.73. The van der Waals surface area contributed by atoms with Crippen LogP contribution in [0.4, 0.5) is 0 Å². The molecule has 0 radical (unpaired) electrons. The molecule has 0 aromatic heterocycles. The lowest BCUT2D eigenvalue weighted by Crippen LogP contribution is -2.09. The summed E-state index contributed by atoms with van der Waals surface area (Å²) in [5.74, 6) is -0.432. The van der Waals surface area contributed by atoms with Gasteiger partial charge in [0.1, 0.15) is 6.10 Å². The van der Waals surface area contributed by atoms with Crippen LogP contribution in [0.1, 0.15) is 25.5 Å². The van der Waals surface area contributed by atoms with Gasteiger partial charge in [-0.05, 0) is 26.0 Å². The molecule has 1 aromatic carbocycles. The van der Waals surface area contributed by atoms with Crippen LogP contribution in [-0.4, -0.2) is 5.97 Å². The Morgan fingerprint density at radius 2 is 2.06 bits per heavy atom. The lowest BCUT2D eigenvalue weighted by Gasteiger charge is -2.15. The number of hydrogen-bond acceptors (Lipinski definition) is 2. The van der Waals surface area contributed by atoms with Gasteiger partial charge in [-0.15, -0.1) is 0 Å². The molecule has 2 nitrogen and oxygen atoms in total. The summed E-state index contributed by atoms with van der Waals surface area (Å²) < 4.78 is 5.15. The molecule has 0 amide bonds. The van der Waals surface area contributed by atoms with E-state index < -0.39 is 12.1 Å². The molecule has 0 N–H and O–H groups in total. The average molecular weight is 259 g/mol. The van der Waals surface area contributed by atoms with Crippen LogP contribution in [0.3, 0.4) is 0 Å². The lowest BCUT2D eigenvalue weighted by atomic mass is 10.1. The molecule has 1 rings (SSSR count). The van der Waals surface area contributed by atoms with Crippen molar-refractivity contribution < 1.29 is 9.53 Å². The number of hydrogen-bond donors (Lipinski definition) is 0. The van der Waals surface area contributed by atoms with Gasteiger partial charge in [0, 0.05) is 21.2 Å². The largest absolute Gasteiger partial charge is 0.454 e. The highest BCUT2D eigenvalue weighted by Gasteiger charge is 2.15. The maximum Gasteiger partial charge on any atom is 0.333 e. The smallest absolute Gasteiger partial charge is 0.333 e. The summed E-state index contributed by atoms with van der Waals surface area (Å²) in [6, 6.07) is 5.05. The van der Waals surface area contributed by atoms with Crippen molar-refractivity contribution in [2.24, 2.45) is 0 Å². The number of benzene rings is 1. The monoisotopic (exact) mass is 258 g/mol. The summed E-state index contributed by atoms with van der Waals surface area (Å²) in [6.45, 7) is 6.85. The zero-order valence-corrected chi connectivity index (χ0v) is 10.6. The van der Waals surface area contributed by atoms with Crippen LogP contribution in [0.15, 0.2) is 30.4 Å². The third-order valence-corrected chi connectivity index (χ3v) is 2.60. The molecule has 16 heavy (non-hydrogen) atoms. The quantitative estimate of drug-likeness (QED) is 0.601. The van der Waals surface area contributed by atoms with Crippen molar-refractivity contribution in [3.63, 3.8) is 0 Å². The molecule has 0 spiro atoms. The van der Waals surface area contributed by atoms with E-state index in [4.69, 9.17) is 27.9 Å². The molecule has 0 bridgehead atoms. The van der Waals surface area contributed by atoms with Crippen LogP contribution in [-0.2, 0) is 9.53 Å². The van der Waals surface area contributed by atoms with Gasteiger partial charge >= 0.3 is 5.97 Å². The predicted octanol–water partition coefficient (Wildman–Crippen LogP) is 4.17. The number of esters is 1. The fraction of sp³-hybridized carbons (Fsp3) is 0.250. The Morgan fingerprint density at radius 3 is 2.56 bits per heavy atom. The second kappa shape index (κ2) is 5.37. The Morgan fingerprint density at radius 1 is 1.44 bits per heavy atom. The normalized spacial score (nSPS) is 12.0. The molecule has 0 fully saturated rings. The van der Waals surface area contributed by atoms with E-state index in [1.54, 1.807) is 32.0 Å². The minimum Gasteiger partial charge on any atom is -0.454 e. The van der Waals surface area contributed by atoms with Crippen LogP contribution in [0.5, 0.6) is 0 Å². The summed E-state index contributed by atoms with van der Waals surface area (Å²) in [6.07, 6.45) is -0.422. The second-order valence-electron chi connectivity index (χ2n) is 3.49. The molecule has 0 heterocycles. The van der Waals surface area contributed by atoms with Gasteiger partial charge in [-0.2, -0.15) is 0 Å². The Labute approximate surface area is 105 Å². The van der Waals surface area contributed by atoms with E-state index in [0.29, 0.717) is 15.6 Å². The van der Waals surface area contributed by atoms with Crippen LogP contribution < -0.4 is 0 Å². The first-order valence-corrected chi connectivity index (χ1v) is 5.49. The molecule has 0 aliphatic rings. The Bertz CT molecular complexity index is 427. The fourth-order valence-electron chi connectivity index (χ4n) is 1.16. The number of halogens is 2. The summed E-state index contributed by atoms with van der Waals surface area (Å²) >= 11 is 11.8. The highest BCUT2D eigenvalue weighted by atomic mass is 35.5. The van der Waals surface area contributed by atoms with Gasteiger partial charge in [0.2, 0.25) is 0 Å². The van der Waals surface area contributed by atoms with Crippen LogP contribution in [0.25, 0.3) is 0 Å². The van der Waals surface area contributed by atoms with Gasteiger partial charge in [-0.1, -0.05) is 35.8 Å². The van der Waals surface area contributed by atoms with Crippen molar-refractivity contribution in [3.05, 3.63) is 46.0 Å². The van der Waals surface area contributed by atoms with Crippen LogP contribution in [0.2, 0.25) is 10.0 Å². The number of carbonyl (C=O) groups excluding carboxylic acids is 1. The van der Waals surface area contributed by atoms with E-state index in [-0.39, 0.29) is 0 Å². The molecule has 0 saturated heterocycles. The van der Waals surface area contributed by atoms with Crippen molar-refractivity contribution in [2.45, 2.75) is 20.0 Å². The molecule has 0 aliphatic carbocycles. The standard InChI is InChI=1S/C12H12Cl2O2/c1-7(2)12(15)16-8(3)10-5-4-9(13)6-11(10)14/h4-6,8H,1H2,2-3H3. The SMILES string of the molecule is C=C(C)C(=O)OC(C)c1ccc(Cl)cc1Cl. The van der Waals surface area contributed by atoms with Gasteiger partial charge in [0.25, 0.3) is 0 Å². The van der Waals surface area contributed by atoms with Crippen molar-refractivity contribution in [3.8, 4) is 0 Å². The Kier molecular flexibility index (Phi) is 4.39. The Hall–Kier alpha value is -0.990. The van der Waals surface area contributed by atoms with E-state index in [1.807, 2.05) is 0 Å². The van der Waals surface area contributed by atoms with E-state index in [1.165, 1.54) is 0 Å². The van der Waals surface area contributed by atoms with Crippen LogP contribution >= 0.6 is 23.2 Å². The molecule has 4 heteroatoms. The zero-order chi connectivity index (χ0) is 12.3. The second-order valence-corrected chi connectivity index (χ2v) is 4.34. The lowest BCUT2D eigenvalue weighted by molar-refractivity contribution is -0.143. The van der Waals surface area contributed by atoms with Crippen LogP contribution in [0, 0.1) is 0 Å². The molecule has 1 aromatic rings. The van der Waals surface area contributed by atoms with Gasteiger partial charge in [-0.25, -0.2) is 4.79 Å². The fourth-order valence-corrected chi connectivity index (χ4v) is 1.72. The summed E-state index contributed by atoms with van der Waals surface area (Å²) in [7, 11) is 0. The maximum atomic E-state index is 11.3. The molecular formula is C12H12Cl2O2. The van der Waals surface area contributed by atoms with Crippen molar-refractivity contribution in [1.29, 1.82) is 0 Å². The summed E-state index contributed by atoms with van der Waals surface area (Å²) in [5, 5.41) is 1.03. The molecular weight excluding hydrogens is 247 g/mol. The van der Waals surface area contributed by atoms with E-state index in [9.17, 15) is 4.79 Å². The van der Waals surface area contributed by atoms with Crippen molar-refractivity contribution >= 4 is 29.2 Å². The molecule has 0 saturated carbocycles. The first kappa shape index (κ1) is 13.1. The summed E-state index contributed by atoms with van der Waals surface area (Å²) in [4.78, 5) is 11.3. The molecule has 1 atom stereocenters. The third-order valence-electron chi connectivity index (χ3n) is 2.03. The highest BCUT2D eigenvalue weighted by molar-refractivity contribution is 6.35. The van der Waals surface area contributed by atoms with Gasteiger partial charge in [-0.3, -0.25) is 0 Å². The van der Waals surface area contributed by atoms with E-state index in [2.05, 4.69) is 6.58 Å². The van der Waals surface area contributed by atoms with E-state index >= 15 is 0 Å². The average Bonchev–Trinajstić information content (AvgIpc) is 2.16. The molecule has 1 unspecified atom stereocenters. The molecule has 86 valence electrons. The van der Waals surface area contributed by atoms with Gasteiger partial charge < -0.3 is 4.74 Å². The zero-order valence-electron chi connectivity index (χ0n) is 9.09. The van der Waals surface area contributed by atoms with Crippen molar-refractivity contribution in [1.82, 2.24) is 0 Å². The maximum absolute atomic E-state index is 11.3. The number of carbonyl (C=O) groups is 1. The predicted molar refractivity (Wildman–Crippen MR) is 65.8 cm³/mol. The number of rotatable bonds is 3. The highest BCUT2D eigenvalue weighted by Crippen LogP contribution is 2.28. The summed E-state index contributed by atoms with van der Waals surface area (Å²) in [5.41, 5.74) is 1.08. The first-order chi connectivity index (χ1) is 7.41. The third kappa shape index (κ3) is 3.26. The van der Waals surface area contributed by atoms with Gasteiger partial charge in [0.05, 0.1) is 0 Å². The van der Waals surface area contributed by atoms with Gasteiger partial charge in [0.15, 0.2) is 0 Å².